The summed E-state index contributed by atoms with van der Waals surface area (Å²) in [5, 5.41) is 2.49. The van der Waals surface area contributed by atoms with Gasteiger partial charge < -0.3 is 14.8 Å². The van der Waals surface area contributed by atoms with Gasteiger partial charge in [0, 0.05) is 12.1 Å². The van der Waals surface area contributed by atoms with E-state index in [4.69, 9.17) is 9.47 Å². The molecule has 2 aromatic rings. The summed E-state index contributed by atoms with van der Waals surface area (Å²) >= 11 is 0. The fraction of sp³-hybridized carbons (Fsp3) is 0.278. The first-order valence-electron chi connectivity index (χ1n) is 7.71. The Balaban J connectivity index is 2.12. The van der Waals surface area contributed by atoms with Crippen molar-refractivity contribution < 1.29 is 31.8 Å². The molecule has 0 saturated heterocycles. The van der Waals surface area contributed by atoms with Gasteiger partial charge in [0.25, 0.3) is 5.91 Å². The van der Waals surface area contributed by atoms with Crippen LogP contribution < -0.4 is 14.8 Å². The number of hydrogen-bond donors (Lipinski definition) is 1. The van der Waals surface area contributed by atoms with Gasteiger partial charge in [-0.25, -0.2) is 4.39 Å². The minimum atomic E-state index is -4.87. The fourth-order valence-corrected chi connectivity index (χ4v) is 2.26. The van der Waals surface area contributed by atoms with E-state index < -0.39 is 23.5 Å². The highest BCUT2D eigenvalue weighted by Crippen LogP contribution is 2.32. The summed E-state index contributed by atoms with van der Waals surface area (Å²) in [6, 6.07) is 7.12. The molecule has 1 amide bonds. The third-order valence-electron chi connectivity index (χ3n) is 3.51. The molecule has 0 aliphatic heterocycles. The van der Waals surface area contributed by atoms with E-state index in [2.05, 4.69) is 5.32 Å². The maximum atomic E-state index is 13.3. The molecule has 0 bridgehead atoms. The Kier molecular flexibility index (Phi) is 6.07. The summed E-state index contributed by atoms with van der Waals surface area (Å²) < 4.78 is 62.0. The largest absolute Gasteiger partial charge is 0.493 e. The van der Waals surface area contributed by atoms with Crippen molar-refractivity contribution >= 4 is 5.91 Å². The van der Waals surface area contributed by atoms with Crippen LogP contribution in [0.2, 0.25) is 0 Å². The van der Waals surface area contributed by atoms with Crippen molar-refractivity contribution in [2.75, 3.05) is 13.7 Å². The van der Waals surface area contributed by atoms with E-state index in [1.54, 1.807) is 18.2 Å². The maximum Gasteiger partial charge on any atom is 0.419 e. The number of carbonyl (C=O) groups is 1. The molecule has 1 N–H and O–H groups in total. The van der Waals surface area contributed by atoms with Crippen molar-refractivity contribution in [3.05, 3.63) is 58.9 Å². The molecule has 2 rings (SSSR count). The number of hydrogen-bond acceptors (Lipinski definition) is 3. The van der Waals surface area contributed by atoms with Crippen LogP contribution >= 0.6 is 0 Å². The number of alkyl halides is 3. The first-order valence-corrected chi connectivity index (χ1v) is 7.71. The maximum absolute atomic E-state index is 13.3. The molecule has 0 saturated carbocycles. The lowest BCUT2D eigenvalue weighted by molar-refractivity contribution is -0.140. The van der Waals surface area contributed by atoms with Gasteiger partial charge in [-0.3, -0.25) is 4.79 Å². The molecule has 4 nitrogen and oxygen atoms in total. The van der Waals surface area contributed by atoms with Gasteiger partial charge >= 0.3 is 6.18 Å². The molecule has 0 unspecified atom stereocenters. The average molecular weight is 371 g/mol. The molecule has 0 aliphatic rings. The van der Waals surface area contributed by atoms with Crippen LogP contribution in [-0.4, -0.2) is 19.6 Å². The van der Waals surface area contributed by atoms with Gasteiger partial charge in [0.1, 0.15) is 5.82 Å². The second kappa shape index (κ2) is 8.07. The molecule has 0 aliphatic carbocycles. The SMILES string of the molecule is CCOc1ccc(CNC(=O)c2ccc(F)c(C(F)(F)F)c2)cc1OC. The van der Waals surface area contributed by atoms with E-state index in [-0.39, 0.29) is 12.1 Å². The predicted molar refractivity (Wildman–Crippen MR) is 86.7 cm³/mol. The number of amides is 1. The van der Waals surface area contributed by atoms with Gasteiger partial charge in [0.05, 0.1) is 19.3 Å². The van der Waals surface area contributed by atoms with Crippen LogP contribution in [0.3, 0.4) is 0 Å². The molecule has 0 radical (unpaired) electrons. The summed E-state index contributed by atoms with van der Waals surface area (Å²) in [7, 11) is 1.47. The van der Waals surface area contributed by atoms with Crippen molar-refractivity contribution in [3.63, 3.8) is 0 Å². The summed E-state index contributed by atoms with van der Waals surface area (Å²) in [5.74, 6) is -1.16. The molecular formula is C18H17F4NO3. The Morgan fingerprint density at radius 1 is 1.12 bits per heavy atom. The first-order chi connectivity index (χ1) is 12.3. The van der Waals surface area contributed by atoms with Crippen LogP contribution in [0.4, 0.5) is 17.6 Å². The monoisotopic (exact) mass is 371 g/mol. The van der Waals surface area contributed by atoms with E-state index in [0.29, 0.717) is 35.8 Å². The van der Waals surface area contributed by atoms with Crippen molar-refractivity contribution in [1.82, 2.24) is 5.32 Å². The van der Waals surface area contributed by atoms with E-state index in [0.717, 1.165) is 6.07 Å². The van der Waals surface area contributed by atoms with Crippen LogP contribution in [0.25, 0.3) is 0 Å². The Labute approximate surface area is 147 Å². The highest BCUT2D eigenvalue weighted by molar-refractivity contribution is 5.94. The Morgan fingerprint density at radius 3 is 2.46 bits per heavy atom. The quantitative estimate of drug-likeness (QED) is 0.775. The van der Waals surface area contributed by atoms with E-state index in [1.165, 1.54) is 7.11 Å². The molecule has 26 heavy (non-hydrogen) atoms. The van der Waals surface area contributed by atoms with Crippen molar-refractivity contribution in [2.24, 2.45) is 0 Å². The van der Waals surface area contributed by atoms with E-state index >= 15 is 0 Å². The van der Waals surface area contributed by atoms with Gasteiger partial charge in [0.2, 0.25) is 0 Å². The molecule has 8 heteroatoms. The number of halogens is 4. The highest BCUT2D eigenvalue weighted by atomic mass is 19.4. The number of carbonyl (C=O) groups excluding carboxylic acids is 1. The minimum absolute atomic E-state index is 0.0559. The van der Waals surface area contributed by atoms with Gasteiger partial charge in [-0.15, -0.1) is 0 Å². The summed E-state index contributed by atoms with van der Waals surface area (Å²) in [6.07, 6.45) is -4.87. The lowest BCUT2D eigenvalue weighted by atomic mass is 10.1. The average Bonchev–Trinajstić information content (AvgIpc) is 2.60. The van der Waals surface area contributed by atoms with Crippen LogP contribution in [0.1, 0.15) is 28.4 Å². The molecule has 0 aromatic heterocycles. The zero-order valence-electron chi connectivity index (χ0n) is 14.1. The summed E-state index contributed by atoms with van der Waals surface area (Å²) in [6.45, 7) is 2.34. The zero-order chi connectivity index (χ0) is 19.3. The van der Waals surface area contributed by atoms with Crippen molar-refractivity contribution in [1.29, 1.82) is 0 Å². The lowest BCUT2D eigenvalue weighted by Crippen LogP contribution is -2.23. The normalized spacial score (nSPS) is 11.2. The predicted octanol–water partition coefficient (Wildman–Crippen LogP) is 4.18. The third-order valence-corrected chi connectivity index (χ3v) is 3.51. The van der Waals surface area contributed by atoms with Crippen molar-refractivity contribution in [3.8, 4) is 11.5 Å². The number of benzene rings is 2. The fourth-order valence-electron chi connectivity index (χ4n) is 2.26. The van der Waals surface area contributed by atoms with Gasteiger partial charge in [-0.1, -0.05) is 6.07 Å². The lowest BCUT2D eigenvalue weighted by Gasteiger charge is -2.12. The molecule has 0 fully saturated rings. The molecule has 0 spiro atoms. The van der Waals surface area contributed by atoms with Gasteiger partial charge in [-0.05, 0) is 42.8 Å². The molecule has 0 atom stereocenters. The smallest absolute Gasteiger partial charge is 0.419 e. The molecule has 2 aromatic carbocycles. The molecular weight excluding hydrogens is 354 g/mol. The second-order valence-corrected chi connectivity index (χ2v) is 5.29. The van der Waals surface area contributed by atoms with Gasteiger partial charge in [-0.2, -0.15) is 13.2 Å². The minimum Gasteiger partial charge on any atom is -0.493 e. The second-order valence-electron chi connectivity index (χ2n) is 5.29. The number of ether oxygens (including phenoxy) is 2. The van der Waals surface area contributed by atoms with Crippen LogP contribution in [-0.2, 0) is 12.7 Å². The molecule has 0 heterocycles. The third kappa shape index (κ3) is 4.65. The highest BCUT2D eigenvalue weighted by Gasteiger charge is 2.34. The number of rotatable bonds is 6. The standard InChI is InChI=1S/C18H17F4NO3/c1-3-26-15-7-4-11(8-16(15)25-2)10-23-17(24)12-5-6-14(19)13(9-12)18(20,21)22/h4-9H,3,10H2,1-2H3,(H,23,24). The Morgan fingerprint density at radius 2 is 1.85 bits per heavy atom. The molecule has 140 valence electrons. The van der Waals surface area contributed by atoms with Crippen LogP contribution in [0.15, 0.2) is 36.4 Å². The van der Waals surface area contributed by atoms with Crippen LogP contribution in [0.5, 0.6) is 11.5 Å². The Bertz CT molecular complexity index is 790. The zero-order valence-corrected chi connectivity index (χ0v) is 14.1. The van der Waals surface area contributed by atoms with Crippen LogP contribution in [0, 0.1) is 5.82 Å². The first kappa shape index (κ1) is 19.6. The summed E-state index contributed by atoms with van der Waals surface area (Å²) in [5.41, 5.74) is -1.10. The Hall–Kier alpha value is -2.77. The topological polar surface area (TPSA) is 47.6 Å². The number of methoxy groups -OCH3 is 1. The number of nitrogens with one attached hydrogen (secondary N) is 1. The van der Waals surface area contributed by atoms with E-state index in [1.807, 2.05) is 6.92 Å². The van der Waals surface area contributed by atoms with Gasteiger partial charge in [0.15, 0.2) is 11.5 Å². The van der Waals surface area contributed by atoms with E-state index in [9.17, 15) is 22.4 Å². The summed E-state index contributed by atoms with van der Waals surface area (Å²) in [4.78, 5) is 12.1. The van der Waals surface area contributed by atoms with Crippen molar-refractivity contribution in [2.45, 2.75) is 19.6 Å².